The van der Waals surface area contributed by atoms with Crippen molar-refractivity contribution >= 4 is 27.5 Å². The van der Waals surface area contributed by atoms with Crippen LogP contribution in [0.5, 0.6) is 0 Å². The Morgan fingerprint density at radius 2 is 1.84 bits per heavy atom. The summed E-state index contributed by atoms with van der Waals surface area (Å²) >= 11 is 3.44. The standard InChI is InChI=1S/C16H14BrNO/c1-2-15-13-5-3-4-6-14(13)18-16(19-15)11-7-9-12(17)10-8-11/h3-10,15H,2H2,1H3. The number of rotatable bonds is 2. The second-order valence-corrected chi connectivity index (χ2v) is 5.41. The molecule has 1 aliphatic heterocycles. The Bertz CT molecular complexity index is 619. The summed E-state index contributed by atoms with van der Waals surface area (Å²) < 4.78 is 7.08. The van der Waals surface area contributed by atoms with Crippen LogP contribution in [-0.4, -0.2) is 5.90 Å². The Labute approximate surface area is 121 Å². The van der Waals surface area contributed by atoms with Crippen LogP contribution in [0.3, 0.4) is 0 Å². The summed E-state index contributed by atoms with van der Waals surface area (Å²) in [6, 6.07) is 16.2. The molecule has 2 aromatic carbocycles. The zero-order valence-corrected chi connectivity index (χ0v) is 12.2. The lowest BCUT2D eigenvalue weighted by Crippen LogP contribution is -2.16. The smallest absolute Gasteiger partial charge is 0.221 e. The topological polar surface area (TPSA) is 21.6 Å². The molecule has 3 rings (SSSR count). The second kappa shape index (κ2) is 5.17. The molecule has 2 aromatic rings. The minimum absolute atomic E-state index is 0.0901. The zero-order chi connectivity index (χ0) is 13.2. The molecule has 0 bridgehead atoms. The highest BCUT2D eigenvalue weighted by Gasteiger charge is 2.22. The molecule has 0 amide bonds. The van der Waals surface area contributed by atoms with E-state index in [0.29, 0.717) is 5.90 Å². The monoisotopic (exact) mass is 315 g/mol. The molecule has 0 saturated carbocycles. The first kappa shape index (κ1) is 12.4. The molecule has 0 saturated heterocycles. The van der Waals surface area contributed by atoms with Gasteiger partial charge >= 0.3 is 0 Å². The number of fused-ring (bicyclic) bond motifs is 1. The van der Waals surface area contributed by atoms with Gasteiger partial charge in [-0.3, -0.25) is 0 Å². The Morgan fingerprint density at radius 1 is 1.11 bits per heavy atom. The minimum atomic E-state index is 0.0901. The number of para-hydroxylation sites is 1. The maximum absolute atomic E-state index is 6.02. The average Bonchev–Trinajstić information content (AvgIpc) is 2.47. The molecule has 0 aromatic heterocycles. The molecule has 0 aliphatic carbocycles. The van der Waals surface area contributed by atoms with Crippen molar-refractivity contribution in [2.75, 3.05) is 0 Å². The average molecular weight is 316 g/mol. The van der Waals surface area contributed by atoms with Crippen LogP contribution in [0.2, 0.25) is 0 Å². The summed E-state index contributed by atoms with van der Waals surface area (Å²) in [5.74, 6) is 0.707. The van der Waals surface area contributed by atoms with E-state index in [2.05, 4.69) is 33.9 Å². The molecule has 0 fully saturated rings. The van der Waals surface area contributed by atoms with E-state index in [1.165, 1.54) is 5.56 Å². The third-order valence-corrected chi connectivity index (χ3v) is 3.75. The Balaban J connectivity index is 2.05. The predicted octanol–water partition coefficient (Wildman–Crippen LogP) is 5.01. The van der Waals surface area contributed by atoms with Gasteiger partial charge in [0.05, 0.1) is 5.69 Å². The number of halogens is 1. The molecule has 1 unspecified atom stereocenters. The highest BCUT2D eigenvalue weighted by atomic mass is 79.9. The van der Waals surface area contributed by atoms with Gasteiger partial charge < -0.3 is 4.74 Å². The predicted molar refractivity (Wildman–Crippen MR) is 80.9 cm³/mol. The molecule has 0 radical (unpaired) electrons. The van der Waals surface area contributed by atoms with Crippen LogP contribution in [0.1, 0.15) is 30.6 Å². The van der Waals surface area contributed by atoms with Gasteiger partial charge in [0.1, 0.15) is 6.10 Å². The lowest BCUT2D eigenvalue weighted by Gasteiger charge is -2.25. The number of nitrogens with zero attached hydrogens (tertiary/aromatic N) is 1. The summed E-state index contributed by atoms with van der Waals surface area (Å²) in [5.41, 5.74) is 3.19. The van der Waals surface area contributed by atoms with Gasteiger partial charge in [0.2, 0.25) is 5.90 Å². The van der Waals surface area contributed by atoms with Crippen molar-refractivity contribution < 1.29 is 4.74 Å². The molecule has 0 N–H and O–H groups in total. The lowest BCUT2D eigenvalue weighted by atomic mass is 10.0. The van der Waals surface area contributed by atoms with Gasteiger partial charge in [-0.1, -0.05) is 41.1 Å². The highest BCUT2D eigenvalue weighted by Crippen LogP contribution is 2.35. The lowest BCUT2D eigenvalue weighted by molar-refractivity contribution is 0.184. The third-order valence-electron chi connectivity index (χ3n) is 3.22. The van der Waals surface area contributed by atoms with E-state index in [4.69, 9.17) is 4.74 Å². The number of benzene rings is 2. The van der Waals surface area contributed by atoms with E-state index >= 15 is 0 Å². The van der Waals surface area contributed by atoms with E-state index in [1.807, 2.05) is 42.5 Å². The summed E-state index contributed by atoms with van der Waals surface area (Å²) in [6.07, 6.45) is 1.03. The van der Waals surface area contributed by atoms with E-state index in [1.54, 1.807) is 0 Å². The summed E-state index contributed by atoms with van der Waals surface area (Å²) in [5, 5.41) is 0. The molecule has 1 aliphatic rings. The van der Waals surface area contributed by atoms with Crippen LogP contribution in [0.25, 0.3) is 0 Å². The summed E-state index contributed by atoms with van der Waals surface area (Å²) in [7, 11) is 0. The van der Waals surface area contributed by atoms with Gasteiger partial charge in [-0.05, 0) is 36.8 Å². The fraction of sp³-hybridized carbons (Fsp3) is 0.188. The Hall–Kier alpha value is -1.61. The van der Waals surface area contributed by atoms with Gasteiger partial charge in [-0.2, -0.15) is 0 Å². The first-order valence-corrected chi connectivity index (χ1v) is 7.17. The van der Waals surface area contributed by atoms with Crippen molar-refractivity contribution in [1.82, 2.24) is 0 Å². The van der Waals surface area contributed by atoms with Crippen LogP contribution < -0.4 is 0 Å². The highest BCUT2D eigenvalue weighted by molar-refractivity contribution is 9.10. The molecule has 19 heavy (non-hydrogen) atoms. The molecule has 1 atom stereocenters. The molecule has 96 valence electrons. The molecule has 1 heterocycles. The largest absolute Gasteiger partial charge is 0.469 e. The van der Waals surface area contributed by atoms with Gasteiger partial charge in [0.25, 0.3) is 0 Å². The van der Waals surface area contributed by atoms with Crippen LogP contribution in [0.4, 0.5) is 5.69 Å². The summed E-state index contributed by atoms with van der Waals surface area (Å²) in [4.78, 5) is 4.62. The van der Waals surface area contributed by atoms with Crippen molar-refractivity contribution in [2.45, 2.75) is 19.4 Å². The van der Waals surface area contributed by atoms with Crippen LogP contribution in [-0.2, 0) is 4.74 Å². The van der Waals surface area contributed by atoms with Crippen molar-refractivity contribution in [3.8, 4) is 0 Å². The molecular formula is C16H14BrNO. The van der Waals surface area contributed by atoms with E-state index in [9.17, 15) is 0 Å². The molecule has 2 nitrogen and oxygen atoms in total. The summed E-state index contributed by atoms with van der Waals surface area (Å²) in [6.45, 7) is 2.13. The van der Waals surface area contributed by atoms with Gasteiger partial charge in [-0.25, -0.2) is 4.99 Å². The van der Waals surface area contributed by atoms with Crippen LogP contribution in [0.15, 0.2) is 58.0 Å². The van der Waals surface area contributed by atoms with E-state index in [0.717, 1.165) is 22.1 Å². The van der Waals surface area contributed by atoms with E-state index < -0.39 is 0 Å². The molecule has 3 heteroatoms. The van der Waals surface area contributed by atoms with Gasteiger partial charge in [-0.15, -0.1) is 0 Å². The fourth-order valence-electron chi connectivity index (χ4n) is 2.22. The maximum atomic E-state index is 6.02. The van der Waals surface area contributed by atoms with Crippen molar-refractivity contribution in [3.63, 3.8) is 0 Å². The zero-order valence-electron chi connectivity index (χ0n) is 10.6. The number of hydrogen-bond donors (Lipinski definition) is 0. The van der Waals surface area contributed by atoms with Crippen LogP contribution in [0, 0.1) is 0 Å². The Morgan fingerprint density at radius 3 is 2.58 bits per heavy atom. The first-order valence-electron chi connectivity index (χ1n) is 6.38. The molecule has 0 spiro atoms. The van der Waals surface area contributed by atoms with Gasteiger partial charge in [0, 0.05) is 15.6 Å². The van der Waals surface area contributed by atoms with Crippen molar-refractivity contribution in [2.24, 2.45) is 4.99 Å². The van der Waals surface area contributed by atoms with E-state index in [-0.39, 0.29) is 6.10 Å². The van der Waals surface area contributed by atoms with Crippen LogP contribution >= 0.6 is 15.9 Å². The minimum Gasteiger partial charge on any atom is -0.469 e. The first-order chi connectivity index (χ1) is 9.28. The maximum Gasteiger partial charge on any atom is 0.221 e. The molecular weight excluding hydrogens is 302 g/mol. The third kappa shape index (κ3) is 2.43. The second-order valence-electron chi connectivity index (χ2n) is 4.50. The Kier molecular flexibility index (Phi) is 3.38. The fourth-order valence-corrected chi connectivity index (χ4v) is 2.49. The quantitative estimate of drug-likeness (QED) is 0.763. The van der Waals surface area contributed by atoms with Gasteiger partial charge in [0.15, 0.2) is 0 Å². The number of hydrogen-bond acceptors (Lipinski definition) is 2. The van der Waals surface area contributed by atoms with Crippen molar-refractivity contribution in [3.05, 3.63) is 64.1 Å². The van der Waals surface area contributed by atoms with Crippen molar-refractivity contribution in [1.29, 1.82) is 0 Å². The SMILES string of the molecule is CCC1OC(c2ccc(Br)cc2)=Nc2ccccc21. The normalized spacial score (nSPS) is 17.4. The number of aliphatic imine (C=N–C) groups is 1. The number of ether oxygens (including phenoxy) is 1.